The van der Waals surface area contributed by atoms with Crippen molar-refractivity contribution >= 4 is 5.91 Å². The average molecular weight is 259 g/mol. The summed E-state index contributed by atoms with van der Waals surface area (Å²) in [7, 11) is 0. The minimum atomic E-state index is -0.545. The number of carbonyl (C=O) groups excluding carboxylic acids is 1. The highest BCUT2D eigenvalue weighted by atomic mass is 16.5. The summed E-state index contributed by atoms with van der Waals surface area (Å²) >= 11 is 0. The smallest absolute Gasteiger partial charge is 0.261 e. The molecular formula is C15H17NO3. The standard InChI is InChI=1S/C15H17NO3/c1-11-6-3-4-8-14(11)19-12(2)15(17)16-10-13-7-5-9-18-13/h3-9,12H,10H2,1-2H3,(H,16,17). The van der Waals surface area contributed by atoms with Crippen LogP contribution >= 0.6 is 0 Å². The predicted octanol–water partition coefficient (Wildman–Crippen LogP) is 2.67. The van der Waals surface area contributed by atoms with Crippen molar-refractivity contribution in [2.24, 2.45) is 0 Å². The third-order valence-corrected chi connectivity index (χ3v) is 2.78. The van der Waals surface area contributed by atoms with E-state index < -0.39 is 6.10 Å². The van der Waals surface area contributed by atoms with Crippen LogP contribution in [0.3, 0.4) is 0 Å². The number of hydrogen-bond acceptors (Lipinski definition) is 3. The monoisotopic (exact) mass is 259 g/mol. The van der Waals surface area contributed by atoms with Gasteiger partial charge in [-0.3, -0.25) is 4.79 Å². The van der Waals surface area contributed by atoms with Crippen LogP contribution in [0.1, 0.15) is 18.2 Å². The molecular weight excluding hydrogens is 242 g/mol. The molecule has 4 heteroatoms. The summed E-state index contributed by atoms with van der Waals surface area (Å²) in [5.41, 5.74) is 1.01. The van der Waals surface area contributed by atoms with Crippen molar-refractivity contribution in [3.8, 4) is 5.75 Å². The highest BCUT2D eigenvalue weighted by molar-refractivity contribution is 5.80. The Morgan fingerprint density at radius 1 is 1.32 bits per heavy atom. The summed E-state index contributed by atoms with van der Waals surface area (Å²) in [6, 6.07) is 11.2. The van der Waals surface area contributed by atoms with E-state index in [0.29, 0.717) is 6.54 Å². The summed E-state index contributed by atoms with van der Waals surface area (Å²) < 4.78 is 10.8. The fraction of sp³-hybridized carbons (Fsp3) is 0.267. The predicted molar refractivity (Wildman–Crippen MR) is 71.8 cm³/mol. The van der Waals surface area contributed by atoms with Crippen molar-refractivity contribution in [2.75, 3.05) is 0 Å². The zero-order valence-corrected chi connectivity index (χ0v) is 11.1. The van der Waals surface area contributed by atoms with Gasteiger partial charge in [0.15, 0.2) is 6.10 Å². The molecule has 1 aromatic carbocycles. The van der Waals surface area contributed by atoms with E-state index in [-0.39, 0.29) is 5.91 Å². The molecule has 0 spiro atoms. The van der Waals surface area contributed by atoms with E-state index in [2.05, 4.69) is 5.32 Å². The van der Waals surface area contributed by atoms with Gasteiger partial charge in [-0.1, -0.05) is 18.2 Å². The third kappa shape index (κ3) is 3.61. The number of rotatable bonds is 5. The highest BCUT2D eigenvalue weighted by Gasteiger charge is 2.15. The molecule has 0 saturated heterocycles. The molecule has 0 radical (unpaired) electrons. The second-order valence-electron chi connectivity index (χ2n) is 4.32. The molecule has 1 atom stereocenters. The SMILES string of the molecule is Cc1ccccc1OC(C)C(=O)NCc1ccco1. The maximum absolute atomic E-state index is 11.9. The van der Waals surface area contributed by atoms with Gasteiger partial charge in [-0.15, -0.1) is 0 Å². The van der Waals surface area contributed by atoms with Crippen LogP contribution in [0.4, 0.5) is 0 Å². The second-order valence-corrected chi connectivity index (χ2v) is 4.32. The molecule has 2 rings (SSSR count). The van der Waals surface area contributed by atoms with Crippen molar-refractivity contribution in [1.29, 1.82) is 0 Å². The van der Waals surface area contributed by atoms with Crippen LogP contribution in [0.15, 0.2) is 47.1 Å². The fourth-order valence-electron chi connectivity index (χ4n) is 1.66. The van der Waals surface area contributed by atoms with Gasteiger partial charge in [0.05, 0.1) is 12.8 Å². The molecule has 0 fully saturated rings. The number of furan rings is 1. The van der Waals surface area contributed by atoms with Gasteiger partial charge in [-0.05, 0) is 37.6 Å². The lowest BCUT2D eigenvalue weighted by atomic mass is 10.2. The number of aryl methyl sites for hydroxylation is 1. The molecule has 1 amide bonds. The Labute approximate surface area is 112 Å². The summed E-state index contributed by atoms with van der Waals surface area (Å²) in [5, 5.41) is 2.77. The molecule has 100 valence electrons. The summed E-state index contributed by atoms with van der Waals surface area (Å²) in [6.45, 7) is 4.04. The van der Waals surface area contributed by atoms with Crippen LogP contribution in [0.25, 0.3) is 0 Å². The van der Waals surface area contributed by atoms with Crippen molar-refractivity contribution in [3.05, 3.63) is 54.0 Å². The minimum Gasteiger partial charge on any atom is -0.481 e. The molecule has 19 heavy (non-hydrogen) atoms. The quantitative estimate of drug-likeness (QED) is 0.898. The molecule has 2 aromatic rings. The van der Waals surface area contributed by atoms with Crippen LogP contribution in [-0.2, 0) is 11.3 Å². The molecule has 0 bridgehead atoms. The van der Waals surface area contributed by atoms with Crippen molar-refractivity contribution in [3.63, 3.8) is 0 Å². The Bertz CT molecular complexity index is 534. The molecule has 1 heterocycles. The second kappa shape index (κ2) is 6.09. The average Bonchev–Trinajstić information content (AvgIpc) is 2.91. The van der Waals surface area contributed by atoms with E-state index >= 15 is 0 Å². The Kier molecular flexibility index (Phi) is 4.23. The molecule has 1 N–H and O–H groups in total. The summed E-state index contributed by atoms with van der Waals surface area (Å²) in [4.78, 5) is 11.9. The van der Waals surface area contributed by atoms with Gasteiger partial charge in [0, 0.05) is 0 Å². The van der Waals surface area contributed by atoms with Gasteiger partial charge in [0.25, 0.3) is 5.91 Å². The number of hydrogen-bond donors (Lipinski definition) is 1. The Morgan fingerprint density at radius 3 is 2.79 bits per heavy atom. The summed E-state index contributed by atoms with van der Waals surface area (Å²) in [6.07, 6.45) is 1.03. The molecule has 1 aromatic heterocycles. The lowest BCUT2D eigenvalue weighted by molar-refractivity contribution is -0.127. The zero-order valence-electron chi connectivity index (χ0n) is 11.1. The zero-order chi connectivity index (χ0) is 13.7. The van der Waals surface area contributed by atoms with E-state index in [1.807, 2.05) is 37.3 Å². The normalized spacial score (nSPS) is 11.9. The minimum absolute atomic E-state index is 0.167. The Morgan fingerprint density at radius 2 is 2.11 bits per heavy atom. The largest absolute Gasteiger partial charge is 0.481 e. The lowest BCUT2D eigenvalue weighted by Gasteiger charge is -2.15. The van der Waals surface area contributed by atoms with E-state index in [1.54, 1.807) is 19.3 Å². The van der Waals surface area contributed by atoms with Crippen molar-refractivity contribution < 1.29 is 13.9 Å². The van der Waals surface area contributed by atoms with Crippen molar-refractivity contribution in [2.45, 2.75) is 26.5 Å². The maximum Gasteiger partial charge on any atom is 0.261 e. The number of ether oxygens (including phenoxy) is 1. The van der Waals surface area contributed by atoms with Gasteiger partial charge in [0.1, 0.15) is 11.5 Å². The van der Waals surface area contributed by atoms with Gasteiger partial charge in [-0.2, -0.15) is 0 Å². The van der Waals surface area contributed by atoms with Gasteiger partial charge >= 0.3 is 0 Å². The number of carbonyl (C=O) groups is 1. The van der Waals surface area contributed by atoms with E-state index in [4.69, 9.17) is 9.15 Å². The number of amides is 1. The molecule has 0 aliphatic rings. The lowest BCUT2D eigenvalue weighted by Crippen LogP contribution is -2.35. The van der Waals surface area contributed by atoms with Gasteiger partial charge < -0.3 is 14.5 Å². The number of nitrogens with one attached hydrogen (secondary N) is 1. The molecule has 4 nitrogen and oxygen atoms in total. The Balaban J connectivity index is 1.87. The fourth-order valence-corrected chi connectivity index (χ4v) is 1.66. The molecule has 0 aliphatic heterocycles. The summed E-state index contributed by atoms with van der Waals surface area (Å²) in [5.74, 6) is 1.28. The molecule has 1 unspecified atom stereocenters. The van der Waals surface area contributed by atoms with E-state index in [0.717, 1.165) is 17.1 Å². The maximum atomic E-state index is 11.9. The first kappa shape index (κ1) is 13.2. The van der Waals surface area contributed by atoms with Crippen molar-refractivity contribution in [1.82, 2.24) is 5.32 Å². The topological polar surface area (TPSA) is 51.5 Å². The Hall–Kier alpha value is -2.23. The highest BCUT2D eigenvalue weighted by Crippen LogP contribution is 2.17. The first-order valence-electron chi connectivity index (χ1n) is 6.19. The van der Waals surface area contributed by atoms with Gasteiger partial charge in [0.2, 0.25) is 0 Å². The number of para-hydroxylation sites is 1. The first-order valence-corrected chi connectivity index (χ1v) is 6.19. The molecule has 0 saturated carbocycles. The van der Waals surface area contributed by atoms with Crippen LogP contribution in [0, 0.1) is 6.92 Å². The van der Waals surface area contributed by atoms with Crippen LogP contribution in [-0.4, -0.2) is 12.0 Å². The number of benzene rings is 1. The molecule has 0 aliphatic carbocycles. The van der Waals surface area contributed by atoms with Gasteiger partial charge in [-0.25, -0.2) is 0 Å². The van der Waals surface area contributed by atoms with Crippen LogP contribution in [0.5, 0.6) is 5.75 Å². The van der Waals surface area contributed by atoms with Crippen LogP contribution < -0.4 is 10.1 Å². The van der Waals surface area contributed by atoms with E-state index in [1.165, 1.54) is 0 Å². The first-order chi connectivity index (χ1) is 9.16. The van der Waals surface area contributed by atoms with E-state index in [9.17, 15) is 4.79 Å². The van der Waals surface area contributed by atoms with Crippen LogP contribution in [0.2, 0.25) is 0 Å². The third-order valence-electron chi connectivity index (χ3n) is 2.78.